The molecule has 1 heterocycles. The van der Waals surface area contributed by atoms with Crippen LogP contribution in [-0.2, 0) is 16.1 Å². The molecule has 1 aliphatic rings. The molecule has 1 aliphatic heterocycles. The SMILES string of the molecule is CCCN(Cc1ccc(C#N)cc1)C1COCC1C(=O)O. The average Bonchev–Trinajstić information content (AvgIpc) is 2.97. The first kappa shape index (κ1) is 15.5. The van der Waals surface area contributed by atoms with Gasteiger partial charge in [0.25, 0.3) is 0 Å². The Morgan fingerprint density at radius 2 is 2.14 bits per heavy atom. The van der Waals surface area contributed by atoms with E-state index in [-0.39, 0.29) is 12.6 Å². The van der Waals surface area contributed by atoms with Crippen LogP contribution in [0.1, 0.15) is 24.5 Å². The van der Waals surface area contributed by atoms with E-state index < -0.39 is 11.9 Å². The van der Waals surface area contributed by atoms with Gasteiger partial charge in [0.2, 0.25) is 0 Å². The van der Waals surface area contributed by atoms with E-state index in [9.17, 15) is 9.90 Å². The van der Waals surface area contributed by atoms with Crippen molar-refractivity contribution in [2.24, 2.45) is 5.92 Å². The summed E-state index contributed by atoms with van der Waals surface area (Å²) in [5.74, 6) is -1.26. The van der Waals surface area contributed by atoms with E-state index in [0.29, 0.717) is 18.7 Å². The molecule has 0 aliphatic carbocycles. The monoisotopic (exact) mass is 288 g/mol. The van der Waals surface area contributed by atoms with Crippen molar-refractivity contribution >= 4 is 5.97 Å². The summed E-state index contributed by atoms with van der Waals surface area (Å²) in [6.45, 7) is 4.34. The fourth-order valence-electron chi connectivity index (χ4n) is 2.71. The number of carboxylic acids is 1. The van der Waals surface area contributed by atoms with E-state index in [0.717, 1.165) is 18.5 Å². The zero-order chi connectivity index (χ0) is 15.2. The van der Waals surface area contributed by atoms with Gasteiger partial charge in [-0.1, -0.05) is 19.1 Å². The number of nitriles is 1. The first-order valence-corrected chi connectivity index (χ1v) is 7.19. The van der Waals surface area contributed by atoms with E-state index in [1.807, 2.05) is 12.1 Å². The normalized spacial score (nSPS) is 21.4. The van der Waals surface area contributed by atoms with Crippen molar-refractivity contribution in [2.75, 3.05) is 19.8 Å². The van der Waals surface area contributed by atoms with Crippen LogP contribution in [0, 0.1) is 17.2 Å². The summed E-state index contributed by atoms with van der Waals surface area (Å²) in [4.78, 5) is 13.5. The molecule has 112 valence electrons. The molecule has 0 aromatic heterocycles. The topological polar surface area (TPSA) is 73.6 Å². The molecule has 2 atom stereocenters. The molecule has 1 aromatic carbocycles. The number of carbonyl (C=O) groups is 1. The second-order valence-corrected chi connectivity index (χ2v) is 5.33. The Morgan fingerprint density at radius 1 is 1.43 bits per heavy atom. The van der Waals surface area contributed by atoms with Gasteiger partial charge >= 0.3 is 5.97 Å². The molecule has 1 fully saturated rings. The van der Waals surface area contributed by atoms with Gasteiger partial charge in [-0.05, 0) is 30.7 Å². The van der Waals surface area contributed by atoms with E-state index in [4.69, 9.17) is 10.00 Å². The Labute approximate surface area is 124 Å². The molecule has 0 spiro atoms. The van der Waals surface area contributed by atoms with Crippen LogP contribution < -0.4 is 0 Å². The van der Waals surface area contributed by atoms with E-state index in [1.165, 1.54) is 0 Å². The number of hydrogen-bond acceptors (Lipinski definition) is 4. The molecular formula is C16H20N2O3. The summed E-state index contributed by atoms with van der Waals surface area (Å²) >= 11 is 0. The minimum atomic E-state index is -0.793. The maximum Gasteiger partial charge on any atom is 0.310 e. The first-order valence-electron chi connectivity index (χ1n) is 7.19. The third-order valence-electron chi connectivity index (χ3n) is 3.82. The Bertz CT molecular complexity index is 521. The van der Waals surface area contributed by atoms with Gasteiger partial charge in [-0.25, -0.2) is 0 Å². The molecule has 1 N–H and O–H groups in total. The second-order valence-electron chi connectivity index (χ2n) is 5.33. The molecular weight excluding hydrogens is 268 g/mol. The van der Waals surface area contributed by atoms with Crippen molar-refractivity contribution in [1.82, 2.24) is 4.90 Å². The Morgan fingerprint density at radius 3 is 2.71 bits per heavy atom. The quantitative estimate of drug-likeness (QED) is 0.865. The van der Waals surface area contributed by atoms with E-state index >= 15 is 0 Å². The molecule has 1 aromatic rings. The summed E-state index contributed by atoms with van der Waals surface area (Å²) in [6, 6.07) is 9.44. The summed E-state index contributed by atoms with van der Waals surface area (Å²) in [5, 5.41) is 18.1. The van der Waals surface area contributed by atoms with Gasteiger partial charge in [-0.2, -0.15) is 5.26 Å². The predicted molar refractivity (Wildman–Crippen MR) is 77.6 cm³/mol. The van der Waals surface area contributed by atoms with Crippen LogP contribution in [0.2, 0.25) is 0 Å². The number of hydrogen-bond donors (Lipinski definition) is 1. The zero-order valence-electron chi connectivity index (χ0n) is 12.2. The van der Waals surface area contributed by atoms with Crippen molar-refractivity contribution in [1.29, 1.82) is 5.26 Å². The minimum absolute atomic E-state index is 0.0851. The number of nitrogens with zero attached hydrogens (tertiary/aromatic N) is 2. The van der Waals surface area contributed by atoms with Gasteiger partial charge < -0.3 is 9.84 Å². The molecule has 5 heteroatoms. The van der Waals surface area contributed by atoms with E-state index in [2.05, 4.69) is 17.9 Å². The standard InChI is InChI=1S/C16H20N2O3/c1-2-7-18(15-11-21-10-14(15)16(19)20)9-13-5-3-12(8-17)4-6-13/h3-6,14-15H,2,7,9-11H2,1H3,(H,19,20). The van der Waals surface area contributed by atoms with Crippen LogP contribution in [0.15, 0.2) is 24.3 Å². The average molecular weight is 288 g/mol. The lowest BCUT2D eigenvalue weighted by Gasteiger charge is -2.30. The highest BCUT2D eigenvalue weighted by atomic mass is 16.5. The van der Waals surface area contributed by atoms with Crippen LogP contribution in [0.4, 0.5) is 0 Å². The maximum absolute atomic E-state index is 11.3. The van der Waals surface area contributed by atoms with Crippen molar-refractivity contribution in [3.63, 3.8) is 0 Å². The largest absolute Gasteiger partial charge is 0.481 e. The number of carboxylic acid groups (broad SMARTS) is 1. The molecule has 0 amide bonds. The van der Waals surface area contributed by atoms with Crippen LogP contribution in [0.3, 0.4) is 0 Å². The van der Waals surface area contributed by atoms with Crippen LogP contribution in [-0.4, -0.2) is 41.8 Å². The molecule has 21 heavy (non-hydrogen) atoms. The highest BCUT2D eigenvalue weighted by Gasteiger charge is 2.37. The zero-order valence-corrected chi connectivity index (χ0v) is 12.2. The van der Waals surface area contributed by atoms with Gasteiger partial charge in [-0.3, -0.25) is 9.69 Å². The van der Waals surface area contributed by atoms with Crippen LogP contribution in [0.5, 0.6) is 0 Å². The molecule has 1 saturated heterocycles. The van der Waals surface area contributed by atoms with Crippen LogP contribution in [0.25, 0.3) is 0 Å². The first-order chi connectivity index (χ1) is 10.2. The number of rotatable bonds is 6. The van der Waals surface area contributed by atoms with Crippen molar-refractivity contribution < 1.29 is 14.6 Å². The number of ether oxygens (including phenoxy) is 1. The van der Waals surface area contributed by atoms with Crippen molar-refractivity contribution in [2.45, 2.75) is 25.9 Å². The molecule has 0 radical (unpaired) electrons. The highest BCUT2D eigenvalue weighted by Crippen LogP contribution is 2.22. The number of aliphatic carboxylic acids is 1. The summed E-state index contributed by atoms with van der Waals surface area (Å²) < 4.78 is 5.37. The third kappa shape index (κ3) is 3.81. The Kier molecular flexibility index (Phi) is 5.32. The molecule has 0 bridgehead atoms. The lowest BCUT2D eigenvalue weighted by Crippen LogP contribution is -2.43. The van der Waals surface area contributed by atoms with Gasteiger partial charge in [0, 0.05) is 12.6 Å². The van der Waals surface area contributed by atoms with Gasteiger partial charge in [0.15, 0.2) is 0 Å². The highest BCUT2D eigenvalue weighted by molar-refractivity contribution is 5.71. The van der Waals surface area contributed by atoms with Crippen LogP contribution >= 0.6 is 0 Å². The minimum Gasteiger partial charge on any atom is -0.481 e. The lowest BCUT2D eigenvalue weighted by atomic mass is 10.0. The van der Waals surface area contributed by atoms with Crippen molar-refractivity contribution in [3.05, 3.63) is 35.4 Å². The van der Waals surface area contributed by atoms with Gasteiger partial charge in [-0.15, -0.1) is 0 Å². The number of benzene rings is 1. The molecule has 2 unspecified atom stereocenters. The molecule has 5 nitrogen and oxygen atoms in total. The predicted octanol–water partition coefficient (Wildman–Crippen LogP) is 1.87. The Balaban J connectivity index is 2.11. The fourth-order valence-corrected chi connectivity index (χ4v) is 2.71. The summed E-state index contributed by atoms with van der Waals surface area (Å²) in [5.41, 5.74) is 1.71. The maximum atomic E-state index is 11.3. The smallest absolute Gasteiger partial charge is 0.310 e. The van der Waals surface area contributed by atoms with Crippen molar-refractivity contribution in [3.8, 4) is 6.07 Å². The van der Waals surface area contributed by atoms with E-state index in [1.54, 1.807) is 12.1 Å². The lowest BCUT2D eigenvalue weighted by molar-refractivity contribution is -0.143. The van der Waals surface area contributed by atoms with Gasteiger partial charge in [0.05, 0.1) is 30.8 Å². The Hall–Kier alpha value is -1.90. The molecule has 2 rings (SSSR count). The summed E-state index contributed by atoms with van der Waals surface area (Å²) in [7, 11) is 0. The fraction of sp³-hybridized carbons (Fsp3) is 0.500. The third-order valence-corrected chi connectivity index (χ3v) is 3.82. The van der Waals surface area contributed by atoms with Gasteiger partial charge in [0.1, 0.15) is 0 Å². The second kappa shape index (κ2) is 7.21. The summed E-state index contributed by atoms with van der Waals surface area (Å²) in [6.07, 6.45) is 0.957. The molecule has 0 saturated carbocycles.